The minimum absolute atomic E-state index is 0.160. The number of hydrogen-bond acceptors (Lipinski definition) is 2. The van der Waals surface area contributed by atoms with Gasteiger partial charge in [0.05, 0.1) is 0 Å². The number of nitrogens with two attached hydrogens (primary N) is 1. The number of nitrogen functional groups attached to an aromatic ring is 1. The molecule has 0 aromatic heterocycles. The fraction of sp³-hybridized carbons (Fsp3) is 0. The van der Waals surface area contributed by atoms with Crippen molar-refractivity contribution in [3.63, 3.8) is 0 Å². The fourth-order valence-corrected chi connectivity index (χ4v) is 1.33. The summed E-state index contributed by atoms with van der Waals surface area (Å²) in [6, 6.07) is 10.3. The van der Waals surface area contributed by atoms with E-state index in [-0.39, 0.29) is 5.69 Å². The molecule has 0 unspecified atom stereocenters. The molecule has 0 spiro atoms. The lowest BCUT2D eigenvalue weighted by Gasteiger charge is -2.08. The van der Waals surface area contributed by atoms with E-state index in [0.29, 0.717) is 11.4 Å². The van der Waals surface area contributed by atoms with Crippen LogP contribution in [0.15, 0.2) is 42.5 Å². The molecule has 0 atom stereocenters. The van der Waals surface area contributed by atoms with Crippen LogP contribution in [0.2, 0.25) is 0 Å². The maximum absolute atomic E-state index is 13.3. The zero-order valence-corrected chi connectivity index (χ0v) is 8.37. The van der Waals surface area contributed by atoms with Crippen LogP contribution in [0.5, 0.6) is 0 Å². The van der Waals surface area contributed by atoms with Gasteiger partial charge >= 0.3 is 0 Å². The minimum Gasteiger partial charge on any atom is -0.399 e. The molecule has 0 saturated carbocycles. The van der Waals surface area contributed by atoms with Crippen molar-refractivity contribution in [3.8, 4) is 0 Å². The summed E-state index contributed by atoms with van der Waals surface area (Å²) < 4.78 is 26.6. The summed E-state index contributed by atoms with van der Waals surface area (Å²) in [5.41, 5.74) is 6.52. The van der Waals surface area contributed by atoms with Crippen LogP contribution in [0.4, 0.5) is 25.8 Å². The van der Waals surface area contributed by atoms with Gasteiger partial charge in [-0.1, -0.05) is 6.07 Å². The van der Waals surface area contributed by atoms with Gasteiger partial charge in [-0.05, 0) is 36.4 Å². The maximum Gasteiger partial charge on any atom is 0.149 e. The van der Waals surface area contributed by atoms with Crippen LogP contribution in [0.1, 0.15) is 0 Å². The highest BCUT2D eigenvalue weighted by molar-refractivity contribution is 5.62. The molecule has 0 amide bonds. The van der Waals surface area contributed by atoms with Crippen molar-refractivity contribution in [1.29, 1.82) is 0 Å². The third-order valence-electron chi connectivity index (χ3n) is 2.14. The molecule has 0 saturated heterocycles. The third-order valence-corrected chi connectivity index (χ3v) is 2.14. The lowest BCUT2D eigenvalue weighted by molar-refractivity contribution is 0.591. The van der Waals surface area contributed by atoms with E-state index in [9.17, 15) is 8.78 Å². The van der Waals surface area contributed by atoms with Crippen molar-refractivity contribution < 1.29 is 8.78 Å². The molecule has 3 N–H and O–H groups in total. The lowest BCUT2D eigenvalue weighted by Crippen LogP contribution is -1.97. The van der Waals surface area contributed by atoms with Crippen molar-refractivity contribution in [1.82, 2.24) is 0 Å². The van der Waals surface area contributed by atoms with Gasteiger partial charge in [-0.25, -0.2) is 8.78 Å². The van der Waals surface area contributed by atoms with Crippen molar-refractivity contribution >= 4 is 17.1 Å². The highest BCUT2D eigenvalue weighted by Gasteiger charge is 2.07. The molecule has 0 fully saturated rings. The molecule has 0 bridgehead atoms. The van der Waals surface area contributed by atoms with Gasteiger partial charge < -0.3 is 11.1 Å². The van der Waals surface area contributed by atoms with Gasteiger partial charge in [-0.15, -0.1) is 0 Å². The maximum atomic E-state index is 13.3. The smallest absolute Gasteiger partial charge is 0.149 e. The standard InChI is InChI=1S/C12H10F2N2/c13-10-2-1-3-11(14)12(10)16-9-6-4-8(15)5-7-9/h1-7,16H,15H2. The van der Waals surface area contributed by atoms with E-state index in [1.165, 1.54) is 18.2 Å². The first-order valence-corrected chi connectivity index (χ1v) is 4.73. The highest BCUT2D eigenvalue weighted by Crippen LogP contribution is 2.23. The number of halogens is 2. The van der Waals surface area contributed by atoms with Gasteiger partial charge in [0.25, 0.3) is 0 Å². The van der Waals surface area contributed by atoms with Gasteiger partial charge in [0.1, 0.15) is 17.3 Å². The molecule has 0 aliphatic rings. The number of benzene rings is 2. The van der Waals surface area contributed by atoms with E-state index in [0.717, 1.165) is 0 Å². The van der Waals surface area contributed by atoms with Gasteiger partial charge in [-0.3, -0.25) is 0 Å². The predicted molar refractivity (Wildman–Crippen MR) is 60.5 cm³/mol. The zero-order chi connectivity index (χ0) is 11.5. The molecule has 4 heteroatoms. The summed E-state index contributed by atoms with van der Waals surface area (Å²) in [5.74, 6) is -1.26. The van der Waals surface area contributed by atoms with E-state index in [2.05, 4.69) is 5.32 Å². The SMILES string of the molecule is Nc1ccc(Nc2c(F)cccc2F)cc1. The molecule has 0 radical (unpaired) electrons. The Kier molecular flexibility index (Phi) is 2.72. The second-order valence-electron chi connectivity index (χ2n) is 3.34. The molecular formula is C12H10F2N2. The van der Waals surface area contributed by atoms with E-state index >= 15 is 0 Å². The second kappa shape index (κ2) is 4.18. The third kappa shape index (κ3) is 2.11. The fourth-order valence-electron chi connectivity index (χ4n) is 1.33. The number of para-hydroxylation sites is 1. The first-order valence-electron chi connectivity index (χ1n) is 4.73. The number of rotatable bonds is 2. The molecule has 2 nitrogen and oxygen atoms in total. The Balaban J connectivity index is 2.30. The molecule has 82 valence electrons. The van der Waals surface area contributed by atoms with Crippen LogP contribution in [0.25, 0.3) is 0 Å². The molecule has 0 aliphatic heterocycles. The Morgan fingerprint density at radius 2 is 1.44 bits per heavy atom. The van der Waals surface area contributed by atoms with Gasteiger partial charge in [0, 0.05) is 11.4 Å². The zero-order valence-electron chi connectivity index (χ0n) is 8.37. The van der Waals surface area contributed by atoms with Crippen LogP contribution in [0.3, 0.4) is 0 Å². The topological polar surface area (TPSA) is 38.0 Å². The molecule has 0 heterocycles. The first kappa shape index (κ1) is 10.4. The number of hydrogen-bond donors (Lipinski definition) is 2. The second-order valence-corrected chi connectivity index (χ2v) is 3.34. The van der Waals surface area contributed by atoms with Crippen molar-refractivity contribution in [2.45, 2.75) is 0 Å². The monoisotopic (exact) mass is 220 g/mol. The van der Waals surface area contributed by atoms with Crippen molar-refractivity contribution in [3.05, 3.63) is 54.1 Å². The molecule has 2 aromatic rings. The summed E-state index contributed by atoms with van der Waals surface area (Å²) in [6.45, 7) is 0. The van der Waals surface area contributed by atoms with Gasteiger partial charge in [-0.2, -0.15) is 0 Å². The van der Waals surface area contributed by atoms with E-state index < -0.39 is 11.6 Å². The minimum atomic E-state index is -0.628. The lowest BCUT2D eigenvalue weighted by atomic mass is 10.2. The Morgan fingerprint density at radius 1 is 0.875 bits per heavy atom. The van der Waals surface area contributed by atoms with Crippen LogP contribution < -0.4 is 11.1 Å². The van der Waals surface area contributed by atoms with E-state index in [4.69, 9.17) is 5.73 Å². The highest BCUT2D eigenvalue weighted by atomic mass is 19.1. The van der Waals surface area contributed by atoms with Crippen LogP contribution in [0, 0.1) is 11.6 Å². The summed E-state index contributed by atoms with van der Waals surface area (Å²) in [5, 5.41) is 2.66. The quantitative estimate of drug-likeness (QED) is 0.762. The molecule has 0 aliphatic carbocycles. The average Bonchev–Trinajstić information content (AvgIpc) is 2.26. The Labute approximate surface area is 91.7 Å². The summed E-state index contributed by atoms with van der Waals surface area (Å²) >= 11 is 0. The van der Waals surface area contributed by atoms with Gasteiger partial charge in [0.15, 0.2) is 0 Å². The Morgan fingerprint density at radius 3 is 2.00 bits per heavy atom. The Hall–Kier alpha value is -2.10. The van der Waals surface area contributed by atoms with Crippen molar-refractivity contribution in [2.24, 2.45) is 0 Å². The van der Waals surface area contributed by atoms with Crippen LogP contribution >= 0.6 is 0 Å². The molecular weight excluding hydrogens is 210 g/mol. The summed E-state index contributed by atoms with van der Waals surface area (Å²) in [6.07, 6.45) is 0. The van der Waals surface area contributed by atoms with Gasteiger partial charge in [0.2, 0.25) is 0 Å². The summed E-state index contributed by atoms with van der Waals surface area (Å²) in [4.78, 5) is 0. The average molecular weight is 220 g/mol. The predicted octanol–water partition coefficient (Wildman–Crippen LogP) is 3.29. The summed E-state index contributed by atoms with van der Waals surface area (Å²) in [7, 11) is 0. The largest absolute Gasteiger partial charge is 0.399 e. The van der Waals surface area contributed by atoms with Crippen LogP contribution in [-0.4, -0.2) is 0 Å². The van der Waals surface area contributed by atoms with Crippen molar-refractivity contribution in [2.75, 3.05) is 11.1 Å². The Bertz CT molecular complexity index is 475. The van der Waals surface area contributed by atoms with E-state index in [1.807, 2.05) is 0 Å². The first-order chi connectivity index (χ1) is 7.66. The van der Waals surface area contributed by atoms with E-state index in [1.54, 1.807) is 24.3 Å². The normalized spacial score (nSPS) is 10.1. The number of anilines is 3. The molecule has 16 heavy (non-hydrogen) atoms. The number of nitrogens with one attached hydrogen (secondary N) is 1. The molecule has 2 aromatic carbocycles. The van der Waals surface area contributed by atoms with Crippen LogP contribution in [-0.2, 0) is 0 Å². The molecule has 2 rings (SSSR count).